The molecule has 0 radical (unpaired) electrons. The molecule has 1 aromatic rings. The van der Waals surface area contributed by atoms with E-state index in [4.69, 9.17) is 15.2 Å². The van der Waals surface area contributed by atoms with Crippen molar-refractivity contribution < 1.29 is 13.9 Å². The van der Waals surface area contributed by atoms with E-state index in [1.54, 1.807) is 13.2 Å². The van der Waals surface area contributed by atoms with Crippen LogP contribution in [-0.2, 0) is 4.74 Å². The Balaban J connectivity index is 2.25. The summed E-state index contributed by atoms with van der Waals surface area (Å²) in [6.07, 6.45) is 1.46. The van der Waals surface area contributed by atoms with Gasteiger partial charge in [-0.05, 0) is 13.0 Å². The molecule has 2 N–H and O–H groups in total. The molecule has 0 saturated carbocycles. The molecule has 0 amide bonds. The van der Waals surface area contributed by atoms with Gasteiger partial charge in [-0.25, -0.2) is 4.39 Å². The first-order chi connectivity index (χ1) is 8.04. The Morgan fingerprint density at radius 3 is 3.06 bits per heavy atom. The Bertz CT molecular complexity index is 410. The van der Waals surface area contributed by atoms with Crippen LogP contribution in [0.5, 0.6) is 5.75 Å². The van der Waals surface area contributed by atoms with Crippen molar-refractivity contribution in [3.8, 4) is 5.75 Å². The molecule has 1 aliphatic rings. The summed E-state index contributed by atoms with van der Waals surface area (Å²) in [5.74, 6) is 0.259. The van der Waals surface area contributed by atoms with Gasteiger partial charge in [0.05, 0.1) is 0 Å². The van der Waals surface area contributed by atoms with Gasteiger partial charge in [0.1, 0.15) is 17.2 Å². The maximum atomic E-state index is 13.2. The lowest BCUT2D eigenvalue weighted by molar-refractivity contribution is 0.0213. The summed E-state index contributed by atoms with van der Waals surface area (Å²) in [7, 11) is 1.65. The van der Waals surface area contributed by atoms with E-state index in [0.717, 1.165) is 18.4 Å². The molecule has 0 aliphatic carbocycles. The molecule has 2 rings (SSSR count). The molecule has 0 saturated heterocycles. The lowest BCUT2D eigenvalue weighted by atomic mass is 9.87. The normalized spacial score (nSPS) is 27.4. The molecule has 3 nitrogen and oxygen atoms in total. The summed E-state index contributed by atoms with van der Waals surface area (Å²) >= 11 is 0. The molecule has 1 aliphatic heterocycles. The van der Waals surface area contributed by atoms with Crippen molar-refractivity contribution in [2.24, 2.45) is 5.73 Å². The zero-order chi connectivity index (χ0) is 12.5. The fourth-order valence-corrected chi connectivity index (χ4v) is 2.26. The van der Waals surface area contributed by atoms with Gasteiger partial charge in [-0.1, -0.05) is 6.07 Å². The molecule has 0 spiro atoms. The van der Waals surface area contributed by atoms with Crippen LogP contribution in [0.2, 0.25) is 0 Å². The molecule has 1 aromatic carbocycles. The molecule has 0 bridgehead atoms. The molecular formula is C13H18FNO2. The van der Waals surface area contributed by atoms with Crippen LogP contribution in [0.4, 0.5) is 4.39 Å². The largest absolute Gasteiger partial charge is 0.487 e. The van der Waals surface area contributed by atoms with E-state index in [1.807, 2.05) is 6.92 Å². The monoisotopic (exact) mass is 239 g/mol. The Kier molecular flexibility index (Phi) is 3.35. The average molecular weight is 239 g/mol. The van der Waals surface area contributed by atoms with Crippen LogP contribution >= 0.6 is 0 Å². The molecular weight excluding hydrogens is 221 g/mol. The molecule has 0 aromatic heterocycles. The van der Waals surface area contributed by atoms with Gasteiger partial charge in [-0.15, -0.1) is 0 Å². The van der Waals surface area contributed by atoms with Gasteiger partial charge in [0.2, 0.25) is 0 Å². The number of methoxy groups -OCH3 is 1. The summed E-state index contributed by atoms with van der Waals surface area (Å²) in [5.41, 5.74) is 6.60. The highest BCUT2D eigenvalue weighted by molar-refractivity contribution is 5.39. The first kappa shape index (κ1) is 12.3. The third-order valence-electron chi connectivity index (χ3n) is 3.22. The molecule has 4 heteroatoms. The van der Waals surface area contributed by atoms with Crippen LogP contribution in [0, 0.1) is 5.82 Å². The van der Waals surface area contributed by atoms with E-state index in [-0.39, 0.29) is 17.5 Å². The van der Waals surface area contributed by atoms with Gasteiger partial charge in [0, 0.05) is 44.2 Å². The Morgan fingerprint density at radius 2 is 2.35 bits per heavy atom. The van der Waals surface area contributed by atoms with E-state index < -0.39 is 0 Å². The average Bonchev–Trinajstić information content (AvgIpc) is 2.25. The van der Waals surface area contributed by atoms with Crippen molar-refractivity contribution in [3.63, 3.8) is 0 Å². The summed E-state index contributed by atoms with van der Waals surface area (Å²) < 4.78 is 24.1. The van der Waals surface area contributed by atoms with Gasteiger partial charge in [-0.2, -0.15) is 0 Å². The summed E-state index contributed by atoms with van der Waals surface area (Å²) in [5, 5.41) is 0. The van der Waals surface area contributed by atoms with E-state index in [2.05, 4.69) is 0 Å². The number of fused-ring (bicyclic) bond motifs is 1. The second-order valence-electron chi connectivity index (χ2n) is 4.79. The smallest absolute Gasteiger partial charge is 0.127 e. The SMILES string of the molecule is COCCC1(C)CC(N)c2ccc(F)cc2O1. The van der Waals surface area contributed by atoms with Crippen molar-refractivity contribution in [3.05, 3.63) is 29.6 Å². The molecule has 17 heavy (non-hydrogen) atoms. The van der Waals surface area contributed by atoms with Crippen LogP contribution in [0.25, 0.3) is 0 Å². The number of ether oxygens (including phenoxy) is 2. The van der Waals surface area contributed by atoms with Crippen LogP contribution in [0.1, 0.15) is 31.4 Å². The number of rotatable bonds is 3. The fourth-order valence-electron chi connectivity index (χ4n) is 2.26. The lowest BCUT2D eigenvalue weighted by Gasteiger charge is -2.38. The van der Waals surface area contributed by atoms with Gasteiger partial charge >= 0.3 is 0 Å². The molecule has 0 fully saturated rings. The number of hydrogen-bond acceptors (Lipinski definition) is 3. The second kappa shape index (κ2) is 4.63. The quantitative estimate of drug-likeness (QED) is 0.881. The van der Waals surface area contributed by atoms with Gasteiger partial charge in [0.15, 0.2) is 0 Å². The van der Waals surface area contributed by atoms with E-state index in [9.17, 15) is 4.39 Å². The number of hydrogen-bond donors (Lipinski definition) is 1. The summed E-state index contributed by atoms with van der Waals surface area (Å²) in [4.78, 5) is 0. The minimum absolute atomic E-state index is 0.110. The Morgan fingerprint density at radius 1 is 1.59 bits per heavy atom. The van der Waals surface area contributed by atoms with Crippen LogP contribution in [-0.4, -0.2) is 19.3 Å². The van der Waals surface area contributed by atoms with Crippen molar-refractivity contribution in [1.29, 1.82) is 0 Å². The second-order valence-corrected chi connectivity index (χ2v) is 4.79. The van der Waals surface area contributed by atoms with Gasteiger partial charge in [-0.3, -0.25) is 0 Å². The summed E-state index contributed by atoms with van der Waals surface area (Å²) in [6.45, 7) is 2.59. The topological polar surface area (TPSA) is 44.5 Å². The number of benzene rings is 1. The van der Waals surface area contributed by atoms with Gasteiger partial charge < -0.3 is 15.2 Å². The van der Waals surface area contributed by atoms with Crippen molar-refractivity contribution in [2.45, 2.75) is 31.4 Å². The zero-order valence-corrected chi connectivity index (χ0v) is 10.2. The fraction of sp³-hybridized carbons (Fsp3) is 0.538. The maximum absolute atomic E-state index is 13.2. The van der Waals surface area contributed by atoms with Crippen LogP contribution in [0.15, 0.2) is 18.2 Å². The summed E-state index contributed by atoms with van der Waals surface area (Å²) in [6, 6.07) is 4.41. The highest BCUT2D eigenvalue weighted by atomic mass is 19.1. The minimum Gasteiger partial charge on any atom is -0.487 e. The van der Waals surface area contributed by atoms with E-state index in [0.29, 0.717) is 12.4 Å². The molecule has 1 heterocycles. The third-order valence-corrected chi connectivity index (χ3v) is 3.22. The predicted molar refractivity (Wildman–Crippen MR) is 63.5 cm³/mol. The molecule has 2 atom stereocenters. The van der Waals surface area contributed by atoms with E-state index in [1.165, 1.54) is 12.1 Å². The first-order valence-corrected chi connectivity index (χ1v) is 5.77. The third kappa shape index (κ3) is 2.58. The van der Waals surface area contributed by atoms with E-state index >= 15 is 0 Å². The van der Waals surface area contributed by atoms with Crippen molar-refractivity contribution in [1.82, 2.24) is 0 Å². The Hall–Kier alpha value is -1.13. The van der Waals surface area contributed by atoms with Crippen molar-refractivity contribution in [2.75, 3.05) is 13.7 Å². The van der Waals surface area contributed by atoms with Crippen LogP contribution < -0.4 is 10.5 Å². The molecule has 2 unspecified atom stereocenters. The highest BCUT2D eigenvalue weighted by Gasteiger charge is 2.35. The standard InChI is InChI=1S/C13H18FNO2/c1-13(5-6-16-2)8-11(15)10-4-3-9(14)7-12(10)17-13/h3-4,7,11H,5-6,8,15H2,1-2H3. The predicted octanol–water partition coefficient (Wildman–Crippen LogP) is 2.40. The minimum atomic E-state index is -0.379. The van der Waals surface area contributed by atoms with Crippen molar-refractivity contribution >= 4 is 0 Å². The molecule has 94 valence electrons. The highest BCUT2D eigenvalue weighted by Crippen LogP contribution is 2.40. The van der Waals surface area contributed by atoms with Crippen LogP contribution in [0.3, 0.4) is 0 Å². The van der Waals surface area contributed by atoms with Gasteiger partial charge in [0.25, 0.3) is 0 Å². The zero-order valence-electron chi connectivity index (χ0n) is 10.2. The first-order valence-electron chi connectivity index (χ1n) is 5.77. The maximum Gasteiger partial charge on any atom is 0.127 e. The number of halogens is 1. The lowest BCUT2D eigenvalue weighted by Crippen LogP contribution is -2.41. The number of nitrogens with two attached hydrogens (primary N) is 1. The Labute approximate surface area is 101 Å².